The summed E-state index contributed by atoms with van der Waals surface area (Å²) >= 11 is 1.93. The number of fused-ring (bicyclic) bond motifs is 2. The molecule has 0 saturated heterocycles. The SMILES string of the molecule is c1cncc(-c2nc(N[C@@H]3CCSc4ccccc43)c3ccccc3n2)c1. The van der Waals surface area contributed by atoms with Crippen LogP contribution in [-0.4, -0.2) is 20.7 Å². The average Bonchev–Trinajstić information content (AvgIpc) is 2.74. The van der Waals surface area contributed by atoms with Crippen LogP contribution >= 0.6 is 11.8 Å². The number of benzene rings is 2. The third-order valence-corrected chi connectivity index (χ3v) is 5.92. The molecule has 5 heteroatoms. The lowest BCUT2D eigenvalue weighted by atomic mass is 10.0. The molecular formula is C22H18N4S. The first-order valence-corrected chi connectivity index (χ1v) is 10.0. The standard InChI is InChI=1S/C22H18N4S/c1-3-9-18-17(8-1)22(26-21(24-18)15-6-5-12-23-14-15)25-19-11-13-27-20-10-4-2-7-16(19)20/h1-10,12,14,19H,11,13H2,(H,24,25,26)/t19-/m1/s1. The van der Waals surface area contributed by atoms with Crippen LogP contribution in [0.4, 0.5) is 5.82 Å². The number of hydrogen-bond acceptors (Lipinski definition) is 5. The molecule has 0 spiro atoms. The third-order valence-electron chi connectivity index (χ3n) is 4.79. The number of rotatable bonds is 3. The molecule has 4 nitrogen and oxygen atoms in total. The van der Waals surface area contributed by atoms with Crippen molar-refractivity contribution in [1.82, 2.24) is 15.0 Å². The predicted molar refractivity (Wildman–Crippen MR) is 111 cm³/mol. The van der Waals surface area contributed by atoms with Crippen molar-refractivity contribution in [3.8, 4) is 11.4 Å². The van der Waals surface area contributed by atoms with E-state index < -0.39 is 0 Å². The lowest BCUT2D eigenvalue weighted by Crippen LogP contribution is -2.17. The summed E-state index contributed by atoms with van der Waals surface area (Å²) < 4.78 is 0. The second-order valence-corrected chi connectivity index (χ2v) is 7.66. The molecule has 0 fully saturated rings. The third kappa shape index (κ3) is 3.15. The van der Waals surface area contributed by atoms with E-state index >= 15 is 0 Å². The molecule has 4 aromatic rings. The van der Waals surface area contributed by atoms with E-state index in [-0.39, 0.29) is 6.04 Å². The van der Waals surface area contributed by atoms with E-state index in [1.54, 1.807) is 12.4 Å². The molecule has 2 aromatic carbocycles. The highest BCUT2D eigenvalue weighted by Gasteiger charge is 2.21. The van der Waals surface area contributed by atoms with Gasteiger partial charge in [-0.15, -0.1) is 11.8 Å². The molecule has 1 atom stereocenters. The van der Waals surface area contributed by atoms with Crippen LogP contribution in [0.1, 0.15) is 18.0 Å². The van der Waals surface area contributed by atoms with Gasteiger partial charge in [0.25, 0.3) is 0 Å². The monoisotopic (exact) mass is 370 g/mol. The van der Waals surface area contributed by atoms with Gasteiger partial charge in [-0.25, -0.2) is 9.97 Å². The van der Waals surface area contributed by atoms with Crippen molar-refractivity contribution in [2.45, 2.75) is 17.4 Å². The lowest BCUT2D eigenvalue weighted by molar-refractivity contribution is 0.725. The fourth-order valence-corrected chi connectivity index (χ4v) is 4.59. The molecule has 0 amide bonds. The van der Waals surface area contributed by atoms with Gasteiger partial charge in [0.2, 0.25) is 0 Å². The second-order valence-electron chi connectivity index (χ2n) is 6.53. The van der Waals surface area contributed by atoms with Crippen molar-refractivity contribution < 1.29 is 0 Å². The van der Waals surface area contributed by atoms with Gasteiger partial charge < -0.3 is 5.32 Å². The quantitative estimate of drug-likeness (QED) is 0.527. The van der Waals surface area contributed by atoms with Crippen molar-refractivity contribution >= 4 is 28.5 Å². The van der Waals surface area contributed by atoms with Crippen molar-refractivity contribution in [3.63, 3.8) is 0 Å². The minimum Gasteiger partial charge on any atom is -0.363 e. The highest BCUT2D eigenvalue weighted by atomic mass is 32.2. The van der Waals surface area contributed by atoms with E-state index in [4.69, 9.17) is 9.97 Å². The molecular weight excluding hydrogens is 352 g/mol. The van der Waals surface area contributed by atoms with E-state index in [1.165, 1.54) is 10.5 Å². The molecule has 1 aliphatic heterocycles. The van der Waals surface area contributed by atoms with Crippen LogP contribution in [0.2, 0.25) is 0 Å². The summed E-state index contributed by atoms with van der Waals surface area (Å²) in [6.45, 7) is 0. The van der Waals surface area contributed by atoms with Crippen LogP contribution in [0.3, 0.4) is 0 Å². The zero-order valence-electron chi connectivity index (χ0n) is 14.7. The number of pyridine rings is 1. The van der Waals surface area contributed by atoms with E-state index in [1.807, 2.05) is 42.1 Å². The summed E-state index contributed by atoms with van der Waals surface area (Å²) in [5, 5.41) is 4.75. The Balaban J connectivity index is 1.61. The number of anilines is 1. The highest BCUT2D eigenvalue weighted by Crippen LogP contribution is 2.38. The molecule has 3 heterocycles. The Morgan fingerprint density at radius 2 is 1.81 bits per heavy atom. The molecule has 0 unspecified atom stereocenters. The van der Waals surface area contributed by atoms with Crippen molar-refractivity contribution in [3.05, 3.63) is 78.6 Å². The van der Waals surface area contributed by atoms with Gasteiger partial charge in [-0.2, -0.15) is 0 Å². The topological polar surface area (TPSA) is 50.7 Å². The van der Waals surface area contributed by atoms with Gasteiger partial charge in [0.1, 0.15) is 5.82 Å². The summed E-state index contributed by atoms with van der Waals surface area (Å²) in [4.78, 5) is 15.2. The zero-order valence-corrected chi connectivity index (χ0v) is 15.5. The van der Waals surface area contributed by atoms with Gasteiger partial charge in [-0.3, -0.25) is 4.98 Å². The minimum atomic E-state index is 0.252. The second kappa shape index (κ2) is 7.00. The normalized spacial score (nSPS) is 16.1. The first-order valence-electron chi connectivity index (χ1n) is 9.04. The van der Waals surface area contributed by atoms with E-state index in [9.17, 15) is 0 Å². The average molecular weight is 370 g/mol. The van der Waals surface area contributed by atoms with Crippen LogP contribution in [0.25, 0.3) is 22.3 Å². The maximum absolute atomic E-state index is 4.87. The predicted octanol–water partition coefficient (Wildman–Crippen LogP) is 5.34. The van der Waals surface area contributed by atoms with Crippen LogP contribution in [-0.2, 0) is 0 Å². The largest absolute Gasteiger partial charge is 0.363 e. The van der Waals surface area contributed by atoms with Gasteiger partial charge in [0, 0.05) is 34.0 Å². The lowest BCUT2D eigenvalue weighted by Gasteiger charge is -2.27. The number of para-hydroxylation sites is 1. The number of nitrogens with one attached hydrogen (secondary N) is 1. The number of nitrogens with zero attached hydrogens (tertiary/aromatic N) is 3. The number of hydrogen-bond donors (Lipinski definition) is 1. The van der Waals surface area contributed by atoms with E-state index in [2.05, 4.69) is 40.6 Å². The molecule has 0 aliphatic carbocycles. The Morgan fingerprint density at radius 3 is 2.74 bits per heavy atom. The Morgan fingerprint density at radius 1 is 0.926 bits per heavy atom. The fraction of sp³-hybridized carbons (Fsp3) is 0.136. The summed E-state index contributed by atoms with van der Waals surface area (Å²) in [6.07, 6.45) is 4.64. The summed E-state index contributed by atoms with van der Waals surface area (Å²) in [6, 6.07) is 20.9. The van der Waals surface area contributed by atoms with Gasteiger partial charge in [0.15, 0.2) is 5.82 Å². The Hall–Kier alpha value is -2.92. The molecule has 1 N–H and O–H groups in total. The molecule has 0 radical (unpaired) electrons. The van der Waals surface area contributed by atoms with Crippen LogP contribution in [0, 0.1) is 0 Å². The van der Waals surface area contributed by atoms with Gasteiger partial charge in [-0.1, -0.05) is 30.3 Å². The Labute approximate surface area is 162 Å². The smallest absolute Gasteiger partial charge is 0.163 e. The van der Waals surface area contributed by atoms with Gasteiger partial charge >= 0.3 is 0 Å². The van der Waals surface area contributed by atoms with Crippen LogP contribution in [0.15, 0.2) is 78.0 Å². The molecule has 132 valence electrons. The molecule has 2 aromatic heterocycles. The molecule has 1 aliphatic rings. The van der Waals surface area contributed by atoms with Gasteiger partial charge in [-0.05, 0) is 42.3 Å². The molecule has 5 rings (SSSR count). The van der Waals surface area contributed by atoms with Crippen LogP contribution in [0.5, 0.6) is 0 Å². The number of thioether (sulfide) groups is 1. The first-order chi connectivity index (χ1) is 13.4. The molecule has 0 bridgehead atoms. The van der Waals surface area contributed by atoms with E-state index in [0.717, 1.165) is 34.5 Å². The zero-order chi connectivity index (χ0) is 18.1. The maximum Gasteiger partial charge on any atom is 0.163 e. The summed E-state index contributed by atoms with van der Waals surface area (Å²) in [5.74, 6) is 2.68. The van der Waals surface area contributed by atoms with E-state index in [0.29, 0.717) is 5.82 Å². The minimum absolute atomic E-state index is 0.252. The maximum atomic E-state index is 4.87. The summed E-state index contributed by atoms with van der Waals surface area (Å²) in [7, 11) is 0. The van der Waals surface area contributed by atoms with Gasteiger partial charge in [0.05, 0.1) is 11.6 Å². The van der Waals surface area contributed by atoms with Crippen molar-refractivity contribution in [2.75, 3.05) is 11.1 Å². The summed E-state index contributed by atoms with van der Waals surface area (Å²) in [5.41, 5.74) is 3.21. The molecule has 0 saturated carbocycles. The highest BCUT2D eigenvalue weighted by molar-refractivity contribution is 7.99. The Bertz CT molecular complexity index is 1100. The van der Waals surface area contributed by atoms with Crippen LogP contribution < -0.4 is 5.32 Å². The fourth-order valence-electron chi connectivity index (χ4n) is 3.47. The molecule has 27 heavy (non-hydrogen) atoms. The van der Waals surface area contributed by atoms with Crippen molar-refractivity contribution in [1.29, 1.82) is 0 Å². The Kier molecular flexibility index (Phi) is 4.22. The first kappa shape index (κ1) is 16.3. The number of aromatic nitrogens is 3. The van der Waals surface area contributed by atoms with Crippen molar-refractivity contribution in [2.24, 2.45) is 0 Å².